The molecular formula is C16H15N3O2S. The molecular weight excluding hydrogens is 298 g/mol. The molecule has 0 bridgehead atoms. The maximum atomic E-state index is 12.3. The van der Waals surface area contributed by atoms with E-state index in [9.17, 15) is 9.59 Å². The summed E-state index contributed by atoms with van der Waals surface area (Å²) < 4.78 is 1.34. The monoisotopic (exact) mass is 313 g/mol. The van der Waals surface area contributed by atoms with Crippen molar-refractivity contribution in [1.29, 1.82) is 0 Å². The molecule has 112 valence electrons. The van der Waals surface area contributed by atoms with E-state index in [1.165, 1.54) is 15.8 Å². The highest BCUT2D eigenvalue weighted by atomic mass is 32.1. The standard InChI is InChI=1S/C16H15N3O2S/c20-15(17-8-7-12-4-3-9-22-12)10-19-11-18-14-6-2-1-5-13(14)16(19)21/h1-6,9,11H,7-8,10H2,(H,17,20). The average Bonchev–Trinajstić information content (AvgIpc) is 3.04. The molecule has 0 radical (unpaired) electrons. The first-order valence-corrected chi connectivity index (χ1v) is 7.85. The highest BCUT2D eigenvalue weighted by molar-refractivity contribution is 7.09. The molecule has 1 amide bonds. The molecule has 1 aromatic carbocycles. The molecule has 0 spiro atoms. The van der Waals surface area contributed by atoms with Crippen LogP contribution >= 0.6 is 11.3 Å². The highest BCUT2D eigenvalue weighted by Crippen LogP contribution is 2.08. The number of hydrogen-bond donors (Lipinski definition) is 1. The minimum Gasteiger partial charge on any atom is -0.354 e. The molecule has 0 atom stereocenters. The molecule has 1 N–H and O–H groups in total. The summed E-state index contributed by atoms with van der Waals surface area (Å²) in [5.74, 6) is -0.185. The molecule has 3 aromatic rings. The van der Waals surface area contributed by atoms with Gasteiger partial charge in [-0.05, 0) is 30.0 Å². The lowest BCUT2D eigenvalue weighted by atomic mass is 10.2. The van der Waals surface area contributed by atoms with Crippen molar-refractivity contribution >= 4 is 28.1 Å². The number of amides is 1. The quantitative estimate of drug-likeness (QED) is 0.781. The van der Waals surface area contributed by atoms with E-state index < -0.39 is 0 Å². The van der Waals surface area contributed by atoms with Gasteiger partial charge >= 0.3 is 0 Å². The van der Waals surface area contributed by atoms with Crippen molar-refractivity contribution < 1.29 is 4.79 Å². The predicted molar refractivity (Wildman–Crippen MR) is 87.0 cm³/mol. The van der Waals surface area contributed by atoms with Crippen molar-refractivity contribution in [3.63, 3.8) is 0 Å². The molecule has 2 aromatic heterocycles. The van der Waals surface area contributed by atoms with Crippen LogP contribution in [0.3, 0.4) is 0 Å². The lowest BCUT2D eigenvalue weighted by molar-refractivity contribution is -0.121. The topological polar surface area (TPSA) is 64.0 Å². The number of para-hydroxylation sites is 1. The van der Waals surface area contributed by atoms with Crippen LogP contribution in [0.25, 0.3) is 10.9 Å². The number of nitrogens with one attached hydrogen (secondary N) is 1. The van der Waals surface area contributed by atoms with Crippen molar-refractivity contribution in [1.82, 2.24) is 14.9 Å². The van der Waals surface area contributed by atoms with Gasteiger partial charge in [0.15, 0.2) is 0 Å². The van der Waals surface area contributed by atoms with E-state index >= 15 is 0 Å². The summed E-state index contributed by atoms with van der Waals surface area (Å²) in [6, 6.07) is 11.1. The lowest BCUT2D eigenvalue weighted by Crippen LogP contribution is -2.33. The third-order valence-electron chi connectivity index (χ3n) is 3.32. The van der Waals surface area contributed by atoms with Crippen molar-refractivity contribution in [2.75, 3.05) is 6.54 Å². The fourth-order valence-corrected chi connectivity index (χ4v) is 2.92. The van der Waals surface area contributed by atoms with Crippen LogP contribution in [0.2, 0.25) is 0 Å². The van der Waals surface area contributed by atoms with Gasteiger partial charge in [-0.15, -0.1) is 11.3 Å². The first kappa shape index (κ1) is 14.5. The van der Waals surface area contributed by atoms with Gasteiger partial charge in [-0.3, -0.25) is 14.2 Å². The van der Waals surface area contributed by atoms with Crippen molar-refractivity contribution in [2.45, 2.75) is 13.0 Å². The summed E-state index contributed by atoms with van der Waals surface area (Å²) in [6.45, 7) is 0.552. The normalized spacial score (nSPS) is 10.7. The number of rotatable bonds is 5. The van der Waals surface area contributed by atoms with Gasteiger partial charge in [0, 0.05) is 11.4 Å². The summed E-state index contributed by atoms with van der Waals surface area (Å²) in [5.41, 5.74) is 0.445. The molecule has 5 nitrogen and oxygen atoms in total. The second-order valence-electron chi connectivity index (χ2n) is 4.87. The molecule has 0 fully saturated rings. The molecule has 0 aliphatic carbocycles. The lowest BCUT2D eigenvalue weighted by Gasteiger charge is -2.07. The van der Waals surface area contributed by atoms with Gasteiger partial charge in [0.25, 0.3) is 5.56 Å². The van der Waals surface area contributed by atoms with E-state index in [4.69, 9.17) is 0 Å². The van der Waals surface area contributed by atoms with Crippen molar-refractivity contribution in [3.8, 4) is 0 Å². The Morgan fingerprint density at radius 3 is 2.91 bits per heavy atom. The zero-order valence-electron chi connectivity index (χ0n) is 11.9. The Hall–Kier alpha value is -2.47. The van der Waals surface area contributed by atoms with E-state index in [1.807, 2.05) is 23.6 Å². The van der Waals surface area contributed by atoms with Crippen LogP contribution < -0.4 is 10.9 Å². The minimum absolute atomic E-state index is 0.0128. The third kappa shape index (κ3) is 3.23. The molecule has 0 unspecified atom stereocenters. The maximum Gasteiger partial charge on any atom is 0.261 e. The number of hydrogen-bond acceptors (Lipinski definition) is 4. The van der Waals surface area contributed by atoms with Crippen LogP contribution in [0, 0.1) is 0 Å². The smallest absolute Gasteiger partial charge is 0.261 e. The Morgan fingerprint density at radius 2 is 2.09 bits per heavy atom. The first-order chi connectivity index (χ1) is 10.7. The highest BCUT2D eigenvalue weighted by Gasteiger charge is 2.07. The molecule has 6 heteroatoms. The molecule has 3 rings (SSSR count). The first-order valence-electron chi connectivity index (χ1n) is 6.97. The van der Waals surface area contributed by atoms with Gasteiger partial charge < -0.3 is 5.32 Å². The van der Waals surface area contributed by atoms with Crippen molar-refractivity contribution in [2.24, 2.45) is 0 Å². The van der Waals surface area contributed by atoms with E-state index in [0.29, 0.717) is 17.4 Å². The number of fused-ring (bicyclic) bond motifs is 1. The number of carbonyl (C=O) groups excluding carboxylic acids is 1. The van der Waals surface area contributed by atoms with E-state index in [0.717, 1.165) is 6.42 Å². The van der Waals surface area contributed by atoms with Gasteiger partial charge in [0.2, 0.25) is 5.91 Å². The summed E-state index contributed by atoms with van der Waals surface area (Å²) in [7, 11) is 0. The molecule has 0 saturated heterocycles. The molecule has 0 saturated carbocycles. The maximum absolute atomic E-state index is 12.3. The predicted octanol–water partition coefficient (Wildman–Crippen LogP) is 1.82. The van der Waals surface area contributed by atoms with Gasteiger partial charge in [0.05, 0.1) is 17.2 Å². The summed E-state index contributed by atoms with van der Waals surface area (Å²) in [6.07, 6.45) is 2.22. The molecule has 0 aliphatic heterocycles. The fraction of sp³-hybridized carbons (Fsp3) is 0.188. The van der Waals surface area contributed by atoms with Gasteiger partial charge in [-0.25, -0.2) is 4.98 Å². The Balaban J connectivity index is 1.64. The third-order valence-corrected chi connectivity index (χ3v) is 4.26. The Bertz CT molecular complexity index is 840. The van der Waals surface area contributed by atoms with Gasteiger partial charge in [-0.1, -0.05) is 18.2 Å². The van der Waals surface area contributed by atoms with Crippen LogP contribution in [0.5, 0.6) is 0 Å². The summed E-state index contributed by atoms with van der Waals surface area (Å²) in [5, 5.41) is 5.36. The second kappa shape index (κ2) is 6.53. The number of nitrogens with zero attached hydrogens (tertiary/aromatic N) is 2. The Labute approximate surface area is 131 Å². The zero-order chi connectivity index (χ0) is 15.4. The van der Waals surface area contributed by atoms with E-state index in [2.05, 4.69) is 10.3 Å². The van der Waals surface area contributed by atoms with Crippen LogP contribution in [0.1, 0.15) is 4.88 Å². The second-order valence-corrected chi connectivity index (χ2v) is 5.91. The number of aromatic nitrogens is 2. The number of carbonyl (C=O) groups is 1. The van der Waals surface area contributed by atoms with E-state index in [-0.39, 0.29) is 18.0 Å². The largest absolute Gasteiger partial charge is 0.354 e. The minimum atomic E-state index is -0.195. The van der Waals surface area contributed by atoms with Crippen molar-refractivity contribution in [3.05, 3.63) is 63.3 Å². The van der Waals surface area contributed by atoms with Gasteiger partial charge in [-0.2, -0.15) is 0 Å². The Kier molecular flexibility index (Phi) is 4.29. The van der Waals surface area contributed by atoms with Crippen LogP contribution in [-0.2, 0) is 17.8 Å². The number of benzene rings is 1. The average molecular weight is 313 g/mol. The summed E-state index contributed by atoms with van der Waals surface area (Å²) >= 11 is 1.67. The fourth-order valence-electron chi connectivity index (χ4n) is 2.21. The Morgan fingerprint density at radius 1 is 1.23 bits per heavy atom. The molecule has 2 heterocycles. The zero-order valence-corrected chi connectivity index (χ0v) is 12.7. The van der Waals surface area contributed by atoms with Gasteiger partial charge in [0.1, 0.15) is 6.54 Å². The summed E-state index contributed by atoms with van der Waals surface area (Å²) in [4.78, 5) is 29.6. The molecule has 0 aliphatic rings. The van der Waals surface area contributed by atoms with Crippen LogP contribution in [0.15, 0.2) is 52.9 Å². The molecule has 22 heavy (non-hydrogen) atoms. The number of thiophene rings is 1. The SMILES string of the molecule is O=C(Cn1cnc2ccccc2c1=O)NCCc1cccs1. The van der Waals surface area contributed by atoms with E-state index in [1.54, 1.807) is 29.5 Å². The van der Waals surface area contributed by atoms with Crippen LogP contribution in [0.4, 0.5) is 0 Å². The van der Waals surface area contributed by atoms with Crippen LogP contribution in [-0.4, -0.2) is 22.0 Å².